The first-order valence-corrected chi connectivity index (χ1v) is 5.43. The lowest BCUT2D eigenvalue weighted by atomic mass is 9.75. The van der Waals surface area contributed by atoms with Crippen LogP contribution in [-0.4, -0.2) is 0 Å². The third-order valence-corrected chi connectivity index (χ3v) is 3.16. The highest BCUT2D eigenvalue weighted by Crippen LogP contribution is 2.37. The van der Waals surface area contributed by atoms with Crippen molar-refractivity contribution in [3.63, 3.8) is 0 Å². The van der Waals surface area contributed by atoms with Gasteiger partial charge in [-0.25, -0.2) is 0 Å². The summed E-state index contributed by atoms with van der Waals surface area (Å²) in [5, 5.41) is 0. The standard InChI is InChI=1S/C13H22/c1-5-6-7-12-9-8-11(2)13(3,4)10-12/h8-9H,5-7,10H2,1-4H3. The van der Waals surface area contributed by atoms with Crippen LogP contribution in [0.4, 0.5) is 0 Å². The first-order valence-electron chi connectivity index (χ1n) is 5.43. The molecule has 0 heteroatoms. The maximum absolute atomic E-state index is 2.35. The van der Waals surface area contributed by atoms with Gasteiger partial charge >= 0.3 is 0 Å². The minimum absolute atomic E-state index is 0.401. The van der Waals surface area contributed by atoms with Crippen molar-refractivity contribution in [2.75, 3.05) is 0 Å². The summed E-state index contributed by atoms with van der Waals surface area (Å²) in [6.45, 7) is 9.19. The molecule has 0 heterocycles. The van der Waals surface area contributed by atoms with Gasteiger partial charge in [-0.1, -0.05) is 50.5 Å². The van der Waals surface area contributed by atoms with Crippen LogP contribution >= 0.6 is 0 Å². The molecule has 13 heavy (non-hydrogen) atoms. The fourth-order valence-electron chi connectivity index (χ4n) is 1.81. The van der Waals surface area contributed by atoms with Crippen molar-refractivity contribution in [1.29, 1.82) is 0 Å². The molecule has 0 aromatic rings. The topological polar surface area (TPSA) is 0 Å². The minimum atomic E-state index is 0.401. The van der Waals surface area contributed by atoms with Crippen LogP contribution in [0.3, 0.4) is 0 Å². The molecular formula is C13H22. The Labute approximate surface area is 82.7 Å². The van der Waals surface area contributed by atoms with Gasteiger partial charge in [0, 0.05) is 0 Å². The van der Waals surface area contributed by atoms with Crippen molar-refractivity contribution >= 4 is 0 Å². The number of hydrogen-bond acceptors (Lipinski definition) is 0. The van der Waals surface area contributed by atoms with E-state index >= 15 is 0 Å². The van der Waals surface area contributed by atoms with E-state index in [4.69, 9.17) is 0 Å². The molecular weight excluding hydrogens is 156 g/mol. The number of rotatable bonds is 3. The Kier molecular flexibility index (Phi) is 3.35. The number of hydrogen-bond donors (Lipinski definition) is 0. The summed E-state index contributed by atoms with van der Waals surface area (Å²) in [6.07, 6.45) is 9.83. The quantitative estimate of drug-likeness (QED) is 0.597. The van der Waals surface area contributed by atoms with Gasteiger partial charge in [0.05, 0.1) is 0 Å². The summed E-state index contributed by atoms with van der Waals surface area (Å²) in [5.41, 5.74) is 3.56. The summed E-state index contributed by atoms with van der Waals surface area (Å²) in [4.78, 5) is 0. The van der Waals surface area contributed by atoms with Crippen LogP contribution in [0.25, 0.3) is 0 Å². The summed E-state index contributed by atoms with van der Waals surface area (Å²) in [7, 11) is 0. The van der Waals surface area contributed by atoms with Gasteiger partial charge in [0.1, 0.15) is 0 Å². The Balaban J connectivity index is 2.61. The fourth-order valence-corrected chi connectivity index (χ4v) is 1.81. The largest absolute Gasteiger partial charge is 0.0694 e. The highest BCUT2D eigenvalue weighted by Gasteiger charge is 2.23. The Morgan fingerprint density at radius 1 is 1.31 bits per heavy atom. The molecule has 0 unspecified atom stereocenters. The lowest BCUT2D eigenvalue weighted by Crippen LogP contribution is -2.16. The molecule has 0 fully saturated rings. The molecule has 0 atom stereocenters. The third-order valence-electron chi connectivity index (χ3n) is 3.16. The van der Waals surface area contributed by atoms with Gasteiger partial charge in [0.25, 0.3) is 0 Å². The van der Waals surface area contributed by atoms with Gasteiger partial charge in [-0.15, -0.1) is 0 Å². The zero-order valence-corrected chi connectivity index (χ0v) is 9.48. The molecule has 0 nitrogen and oxygen atoms in total. The maximum atomic E-state index is 2.35. The molecule has 0 aromatic carbocycles. The SMILES string of the molecule is CCCCC1=CC=C(C)C(C)(C)C1. The van der Waals surface area contributed by atoms with Gasteiger partial charge in [0.2, 0.25) is 0 Å². The van der Waals surface area contributed by atoms with Crippen molar-refractivity contribution < 1.29 is 0 Å². The zero-order valence-electron chi connectivity index (χ0n) is 9.48. The van der Waals surface area contributed by atoms with Crippen LogP contribution in [0.1, 0.15) is 53.4 Å². The lowest BCUT2D eigenvalue weighted by Gasteiger charge is -2.30. The van der Waals surface area contributed by atoms with E-state index in [0.717, 1.165) is 0 Å². The summed E-state index contributed by atoms with van der Waals surface area (Å²) >= 11 is 0. The normalized spacial score (nSPS) is 20.9. The molecule has 0 spiro atoms. The van der Waals surface area contributed by atoms with E-state index in [0.29, 0.717) is 5.41 Å². The van der Waals surface area contributed by atoms with E-state index in [1.54, 1.807) is 5.57 Å². The van der Waals surface area contributed by atoms with Gasteiger partial charge < -0.3 is 0 Å². The Morgan fingerprint density at radius 3 is 2.54 bits per heavy atom. The molecule has 0 saturated heterocycles. The van der Waals surface area contributed by atoms with Crippen LogP contribution < -0.4 is 0 Å². The maximum Gasteiger partial charge on any atom is -0.0107 e. The smallest absolute Gasteiger partial charge is 0.0107 e. The van der Waals surface area contributed by atoms with Crippen LogP contribution in [0.5, 0.6) is 0 Å². The Bertz CT molecular complexity index is 228. The Morgan fingerprint density at radius 2 is 2.00 bits per heavy atom. The minimum Gasteiger partial charge on any atom is -0.0694 e. The van der Waals surface area contributed by atoms with Crippen molar-refractivity contribution in [2.45, 2.75) is 53.4 Å². The fraction of sp³-hybridized carbons (Fsp3) is 0.692. The molecule has 0 aromatic heterocycles. The van der Waals surface area contributed by atoms with Gasteiger partial charge in [-0.2, -0.15) is 0 Å². The molecule has 74 valence electrons. The average Bonchev–Trinajstić information content (AvgIpc) is 2.07. The van der Waals surface area contributed by atoms with Crippen molar-refractivity contribution in [1.82, 2.24) is 0 Å². The number of unbranched alkanes of at least 4 members (excludes halogenated alkanes) is 1. The first-order chi connectivity index (χ1) is 6.06. The van der Waals surface area contributed by atoms with Crippen molar-refractivity contribution in [3.8, 4) is 0 Å². The van der Waals surface area contributed by atoms with E-state index in [1.807, 2.05) is 0 Å². The Hall–Kier alpha value is -0.520. The zero-order chi connectivity index (χ0) is 9.90. The second kappa shape index (κ2) is 4.13. The van der Waals surface area contributed by atoms with Crippen molar-refractivity contribution in [3.05, 3.63) is 23.3 Å². The highest BCUT2D eigenvalue weighted by molar-refractivity contribution is 5.28. The molecule has 1 aliphatic carbocycles. The van der Waals surface area contributed by atoms with E-state index in [1.165, 1.54) is 31.3 Å². The van der Waals surface area contributed by atoms with Crippen LogP contribution in [0.2, 0.25) is 0 Å². The molecule has 0 amide bonds. The lowest BCUT2D eigenvalue weighted by molar-refractivity contribution is 0.427. The first kappa shape index (κ1) is 10.6. The molecule has 0 N–H and O–H groups in total. The molecule has 0 bridgehead atoms. The van der Waals surface area contributed by atoms with Crippen LogP contribution in [0, 0.1) is 5.41 Å². The summed E-state index contributed by atoms with van der Waals surface area (Å²) < 4.78 is 0. The van der Waals surface area contributed by atoms with E-state index in [2.05, 4.69) is 39.8 Å². The summed E-state index contributed by atoms with van der Waals surface area (Å²) in [6, 6.07) is 0. The van der Waals surface area contributed by atoms with E-state index < -0.39 is 0 Å². The monoisotopic (exact) mass is 178 g/mol. The van der Waals surface area contributed by atoms with E-state index in [9.17, 15) is 0 Å². The third kappa shape index (κ3) is 2.72. The molecule has 1 aliphatic rings. The number of allylic oxidation sites excluding steroid dienone is 4. The predicted molar refractivity (Wildman–Crippen MR) is 59.8 cm³/mol. The van der Waals surface area contributed by atoms with Gasteiger partial charge in [0.15, 0.2) is 0 Å². The molecule has 0 saturated carbocycles. The molecule has 1 rings (SSSR count). The molecule has 0 aliphatic heterocycles. The average molecular weight is 178 g/mol. The van der Waals surface area contributed by atoms with Crippen molar-refractivity contribution in [2.24, 2.45) is 5.41 Å². The van der Waals surface area contributed by atoms with Gasteiger partial charge in [-0.3, -0.25) is 0 Å². The highest BCUT2D eigenvalue weighted by atomic mass is 14.3. The van der Waals surface area contributed by atoms with E-state index in [-0.39, 0.29) is 0 Å². The van der Waals surface area contributed by atoms with Crippen LogP contribution in [0.15, 0.2) is 23.3 Å². The predicted octanol–water partition coefficient (Wildman–Crippen LogP) is 4.48. The second-order valence-electron chi connectivity index (χ2n) is 4.84. The van der Waals surface area contributed by atoms with Gasteiger partial charge in [-0.05, 0) is 31.6 Å². The van der Waals surface area contributed by atoms with Crippen LogP contribution in [-0.2, 0) is 0 Å². The second-order valence-corrected chi connectivity index (χ2v) is 4.84. The molecule has 0 radical (unpaired) electrons. The summed E-state index contributed by atoms with van der Waals surface area (Å²) in [5.74, 6) is 0.